The highest BCUT2D eigenvalue weighted by molar-refractivity contribution is 14.0. The number of ether oxygens (including phenoxy) is 1. The van der Waals surface area contributed by atoms with Crippen LogP contribution in [0.25, 0.3) is 0 Å². The number of guanidine groups is 1. The predicted octanol–water partition coefficient (Wildman–Crippen LogP) is 3.38. The van der Waals surface area contributed by atoms with Gasteiger partial charge in [-0.3, -0.25) is 4.99 Å². The fourth-order valence-corrected chi connectivity index (χ4v) is 3.28. The lowest BCUT2D eigenvalue weighted by molar-refractivity contribution is -0.0495. The van der Waals surface area contributed by atoms with Crippen LogP contribution in [0, 0.1) is 0 Å². The van der Waals surface area contributed by atoms with E-state index in [1.807, 2.05) is 12.1 Å². The Bertz CT molecular complexity index is 635. The van der Waals surface area contributed by atoms with Gasteiger partial charge in [0.25, 0.3) is 0 Å². The first-order valence-corrected chi connectivity index (χ1v) is 9.90. The fraction of sp³-hybridized carbons (Fsp3) is 0.650. The summed E-state index contributed by atoms with van der Waals surface area (Å²) in [4.78, 5) is 8.69. The molecule has 1 heterocycles. The van der Waals surface area contributed by atoms with Crippen molar-refractivity contribution < 1.29 is 13.5 Å². The van der Waals surface area contributed by atoms with Crippen molar-refractivity contribution in [1.29, 1.82) is 0 Å². The van der Waals surface area contributed by atoms with Crippen LogP contribution in [0.4, 0.5) is 14.5 Å². The summed E-state index contributed by atoms with van der Waals surface area (Å²) in [5.41, 5.74) is 0.699. The van der Waals surface area contributed by atoms with Gasteiger partial charge in [0, 0.05) is 45.3 Å². The Morgan fingerprint density at radius 3 is 2.76 bits per heavy atom. The zero-order valence-corrected chi connectivity index (χ0v) is 20.0. The van der Waals surface area contributed by atoms with E-state index in [1.165, 1.54) is 0 Å². The molecule has 0 radical (unpaired) electrons. The molecule has 1 aromatic rings. The molecule has 0 aromatic heterocycles. The maximum atomic E-state index is 12.6. The summed E-state index contributed by atoms with van der Waals surface area (Å²) in [6.07, 6.45) is 2.02. The zero-order valence-electron chi connectivity index (χ0n) is 17.7. The van der Waals surface area contributed by atoms with Crippen LogP contribution in [0.1, 0.15) is 26.7 Å². The van der Waals surface area contributed by atoms with Crippen molar-refractivity contribution in [2.75, 3.05) is 45.2 Å². The van der Waals surface area contributed by atoms with Gasteiger partial charge in [0.05, 0.1) is 5.69 Å². The van der Waals surface area contributed by atoms with Crippen LogP contribution in [0.15, 0.2) is 29.3 Å². The van der Waals surface area contributed by atoms with Crippen molar-refractivity contribution in [2.24, 2.45) is 4.99 Å². The molecule has 1 aliphatic heterocycles. The molecule has 1 saturated heterocycles. The van der Waals surface area contributed by atoms with E-state index in [0.29, 0.717) is 18.3 Å². The van der Waals surface area contributed by atoms with Crippen molar-refractivity contribution in [1.82, 2.24) is 15.5 Å². The first kappa shape index (κ1) is 25.7. The third-order valence-electron chi connectivity index (χ3n) is 5.27. The summed E-state index contributed by atoms with van der Waals surface area (Å²) in [5, 5.41) is 6.79. The number of likely N-dealkylation sites (N-methyl/N-ethyl adjacent to an activating group) is 1. The summed E-state index contributed by atoms with van der Waals surface area (Å²) in [6, 6.07) is 7.68. The average molecular weight is 525 g/mol. The first-order valence-electron chi connectivity index (χ1n) is 9.90. The van der Waals surface area contributed by atoms with E-state index in [-0.39, 0.29) is 35.8 Å². The van der Waals surface area contributed by atoms with Gasteiger partial charge < -0.3 is 25.2 Å². The van der Waals surface area contributed by atoms with Gasteiger partial charge in [0.2, 0.25) is 0 Å². The van der Waals surface area contributed by atoms with Crippen LogP contribution in [-0.2, 0) is 0 Å². The fourth-order valence-electron chi connectivity index (χ4n) is 3.28. The smallest absolute Gasteiger partial charge is 0.387 e. The van der Waals surface area contributed by atoms with Crippen LogP contribution >= 0.6 is 24.0 Å². The molecule has 166 valence electrons. The maximum Gasteiger partial charge on any atom is 0.387 e. The van der Waals surface area contributed by atoms with Crippen molar-refractivity contribution in [3.63, 3.8) is 0 Å². The number of rotatable bonds is 9. The number of hydrogen-bond donors (Lipinski definition) is 2. The Morgan fingerprint density at radius 2 is 2.10 bits per heavy atom. The second-order valence-corrected chi connectivity index (χ2v) is 7.16. The lowest BCUT2D eigenvalue weighted by Crippen LogP contribution is -2.47. The molecule has 29 heavy (non-hydrogen) atoms. The van der Waals surface area contributed by atoms with Crippen LogP contribution in [0.3, 0.4) is 0 Å². The van der Waals surface area contributed by atoms with Gasteiger partial charge in [0.15, 0.2) is 5.96 Å². The number of nitrogens with one attached hydrogen (secondary N) is 2. The molecule has 2 N–H and O–H groups in total. The second-order valence-electron chi connectivity index (χ2n) is 7.16. The number of anilines is 1. The van der Waals surface area contributed by atoms with Crippen LogP contribution in [-0.4, -0.2) is 69.8 Å². The molecule has 2 atom stereocenters. The first-order chi connectivity index (χ1) is 13.4. The molecule has 6 nitrogen and oxygen atoms in total. The van der Waals surface area contributed by atoms with Crippen LogP contribution in [0.2, 0.25) is 0 Å². The van der Waals surface area contributed by atoms with Gasteiger partial charge in [-0.05, 0) is 38.9 Å². The number of halogens is 3. The summed E-state index contributed by atoms with van der Waals surface area (Å²) >= 11 is 0. The van der Waals surface area contributed by atoms with Gasteiger partial charge >= 0.3 is 6.61 Å². The zero-order chi connectivity index (χ0) is 20.5. The topological polar surface area (TPSA) is 52.1 Å². The van der Waals surface area contributed by atoms with Gasteiger partial charge in [-0.1, -0.05) is 19.1 Å². The Kier molecular flexibility index (Phi) is 11.6. The van der Waals surface area contributed by atoms with Crippen molar-refractivity contribution in [2.45, 2.75) is 45.4 Å². The summed E-state index contributed by atoms with van der Waals surface area (Å²) < 4.78 is 30.0. The molecule has 2 rings (SSSR count). The highest BCUT2D eigenvalue weighted by atomic mass is 127. The second kappa shape index (κ2) is 13.0. The molecule has 0 spiro atoms. The minimum atomic E-state index is -2.82. The van der Waals surface area contributed by atoms with E-state index < -0.39 is 6.61 Å². The van der Waals surface area contributed by atoms with E-state index in [2.05, 4.69) is 51.1 Å². The van der Waals surface area contributed by atoms with Gasteiger partial charge in [-0.2, -0.15) is 8.78 Å². The molecular weight excluding hydrogens is 491 g/mol. The number of alkyl halides is 2. The molecular formula is C20H34F2IN5O. The number of para-hydroxylation sites is 2. The number of nitrogens with zero attached hydrogens (tertiary/aromatic N) is 3. The van der Waals surface area contributed by atoms with Gasteiger partial charge in [-0.15, -0.1) is 24.0 Å². The molecule has 0 saturated carbocycles. The molecule has 1 fully saturated rings. The van der Waals surface area contributed by atoms with Crippen molar-refractivity contribution in [3.8, 4) is 5.75 Å². The summed E-state index contributed by atoms with van der Waals surface area (Å²) in [7, 11) is 3.88. The number of aliphatic imine (C=N–C) groups is 1. The maximum absolute atomic E-state index is 12.6. The Balaban J connectivity index is 0.00000420. The highest BCUT2D eigenvalue weighted by Crippen LogP contribution is 2.31. The molecule has 9 heteroatoms. The quantitative estimate of drug-likeness (QED) is 0.294. The van der Waals surface area contributed by atoms with Crippen molar-refractivity contribution >= 4 is 35.6 Å². The number of benzene rings is 1. The Hall–Kier alpha value is -1.36. The summed E-state index contributed by atoms with van der Waals surface area (Å²) in [5.74, 6) is 0.982. The predicted molar refractivity (Wildman–Crippen MR) is 126 cm³/mol. The third-order valence-corrected chi connectivity index (χ3v) is 5.27. The monoisotopic (exact) mass is 525 g/mol. The highest BCUT2D eigenvalue weighted by Gasteiger charge is 2.26. The molecule has 0 bridgehead atoms. The van der Waals surface area contributed by atoms with Gasteiger partial charge in [-0.25, -0.2) is 0 Å². The van der Waals surface area contributed by atoms with E-state index in [1.54, 1.807) is 19.2 Å². The molecule has 1 aliphatic rings. The molecule has 0 amide bonds. The van der Waals surface area contributed by atoms with Crippen molar-refractivity contribution in [3.05, 3.63) is 24.3 Å². The molecule has 2 unspecified atom stereocenters. The molecule has 1 aromatic carbocycles. The molecule has 0 aliphatic carbocycles. The third kappa shape index (κ3) is 8.12. The van der Waals surface area contributed by atoms with Gasteiger partial charge in [0.1, 0.15) is 5.75 Å². The standard InChI is InChI=1S/C20H33F2N5O.HI/c1-5-15(2)26(4)13-11-24-20(23-3)25-16-10-12-27(14-16)17-8-6-7-9-18(17)28-19(21)22;/h6-9,15-16,19H,5,10-14H2,1-4H3,(H2,23,24,25);1H. The van der Waals surface area contributed by atoms with Crippen LogP contribution in [0.5, 0.6) is 5.75 Å². The lowest BCUT2D eigenvalue weighted by Gasteiger charge is -2.25. The van der Waals surface area contributed by atoms with E-state index in [4.69, 9.17) is 0 Å². The van der Waals surface area contributed by atoms with E-state index in [0.717, 1.165) is 38.4 Å². The van der Waals surface area contributed by atoms with E-state index in [9.17, 15) is 8.78 Å². The SMILES string of the molecule is CCC(C)N(C)CCNC(=NC)NC1CCN(c2ccccc2OC(F)F)C1.I. The number of hydrogen-bond acceptors (Lipinski definition) is 4. The Morgan fingerprint density at radius 1 is 1.38 bits per heavy atom. The average Bonchev–Trinajstić information content (AvgIpc) is 3.14. The normalized spacial score (nSPS) is 18.0. The van der Waals surface area contributed by atoms with Crippen LogP contribution < -0.4 is 20.3 Å². The minimum Gasteiger partial charge on any atom is -0.433 e. The lowest BCUT2D eigenvalue weighted by atomic mass is 10.2. The minimum absolute atomic E-state index is 0. The Labute approximate surface area is 190 Å². The largest absolute Gasteiger partial charge is 0.433 e. The van der Waals surface area contributed by atoms with E-state index >= 15 is 0 Å². The summed E-state index contributed by atoms with van der Waals surface area (Å²) in [6.45, 7) is 4.80.